The van der Waals surface area contributed by atoms with Crippen molar-refractivity contribution in [2.75, 3.05) is 39.6 Å². The Hall–Kier alpha value is -5.09. The van der Waals surface area contributed by atoms with E-state index in [0.717, 1.165) is 186 Å². The highest BCUT2D eigenvalue weighted by Gasteiger charge is 2.29. The standard InChI is InChI=1S/C97H164O16P2/c1-4-7-10-13-16-19-22-25-28-31-34-36-38-40-42-43-44-45-46-47-49-51-52-54-57-59-62-65-68-71-74-77-80-83-95(100)107-86-92(98)87-109-114(103,104)110-88-93(99)89-111-115(105,106)112-91-94(113-97(102)85-82-79-76-73-70-67-64-61-56-33-30-27-24-21-18-15-12-9-6-3)90-108-96(101)84-81-78-75-72-69-66-63-60-58-55-53-50-48-41-39-37-35-32-29-26-23-20-17-14-11-8-5-2/h7-8,10-11,16-21,25-30,34-37,40-42,44-45,48,56,61,92-94,98-99H,4-6,9,12-15,22-24,31-33,38-39,43,46-47,49-55,57-60,62-91H2,1-3H3,(H,103,104)(H,105,106)/b10-7-,11-8-,19-16-,20-17-,21-18-,28-25-,29-26-,30-27-,36-34-,37-35-,42-40-,45-44-,48-41-,61-56-. The molecule has 0 saturated heterocycles. The number of ether oxygens (including phenoxy) is 3. The minimum absolute atomic E-state index is 0.0860. The second kappa shape index (κ2) is 88.2. The van der Waals surface area contributed by atoms with E-state index < -0.39 is 91.5 Å². The van der Waals surface area contributed by atoms with Crippen LogP contribution in [0.2, 0.25) is 0 Å². The minimum atomic E-state index is -4.95. The Morgan fingerprint density at radius 1 is 0.252 bits per heavy atom. The molecule has 0 heterocycles. The number of carbonyl (C=O) groups is 3. The maximum atomic E-state index is 13.0. The summed E-state index contributed by atoms with van der Waals surface area (Å²) >= 11 is 0. The van der Waals surface area contributed by atoms with Crippen LogP contribution in [0.1, 0.15) is 367 Å². The highest BCUT2D eigenvalue weighted by Crippen LogP contribution is 2.45. The largest absolute Gasteiger partial charge is 0.472 e. The Morgan fingerprint density at radius 2 is 0.461 bits per heavy atom. The maximum Gasteiger partial charge on any atom is 0.472 e. The third-order valence-electron chi connectivity index (χ3n) is 18.9. The fraction of sp³-hybridized carbons (Fsp3) is 0.680. The number of aliphatic hydroxyl groups excluding tert-OH is 2. The van der Waals surface area contributed by atoms with Crippen LogP contribution in [0.3, 0.4) is 0 Å². The second-order valence-electron chi connectivity index (χ2n) is 30.0. The number of hydrogen-bond acceptors (Lipinski definition) is 14. The van der Waals surface area contributed by atoms with Crippen LogP contribution in [-0.4, -0.2) is 95.9 Å². The topological polar surface area (TPSA) is 231 Å². The van der Waals surface area contributed by atoms with E-state index >= 15 is 0 Å². The van der Waals surface area contributed by atoms with Gasteiger partial charge in [-0.15, -0.1) is 0 Å². The number of phosphoric ester groups is 2. The lowest BCUT2D eigenvalue weighted by Gasteiger charge is -2.21. The van der Waals surface area contributed by atoms with E-state index in [-0.39, 0.29) is 19.3 Å². The number of unbranched alkanes of at least 4 members (excludes halogenated alkanes) is 34. The van der Waals surface area contributed by atoms with Crippen molar-refractivity contribution < 1.29 is 75.8 Å². The molecule has 0 aromatic heterocycles. The molecule has 16 nitrogen and oxygen atoms in total. The third kappa shape index (κ3) is 89.5. The molecule has 0 aliphatic carbocycles. The van der Waals surface area contributed by atoms with Crippen LogP contribution in [0.5, 0.6) is 0 Å². The highest BCUT2D eigenvalue weighted by molar-refractivity contribution is 7.47. The molecule has 0 radical (unpaired) electrons. The van der Waals surface area contributed by atoms with Gasteiger partial charge in [-0.25, -0.2) is 9.13 Å². The first-order valence-electron chi connectivity index (χ1n) is 45.4. The average molecular weight is 1650 g/mol. The Labute approximate surface area is 701 Å². The molecule has 0 rings (SSSR count). The summed E-state index contributed by atoms with van der Waals surface area (Å²) in [5.41, 5.74) is 0. The van der Waals surface area contributed by atoms with E-state index in [4.69, 9.17) is 32.3 Å². The number of esters is 3. The summed E-state index contributed by atoms with van der Waals surface area (Å²) in [6.45, 7) is 2.44. The molecule has 115 heavy (non-hydrogen) atoms. The van der Waals surface area contributed by atoms with Crippen LogP contribution in [0.4, 0.5) is 0 Å². The molecule has 5 atom stereocenters. The summed E-state index contributed by atoms with van der Waals surface area (Å²) < 4.78 is 61.4. The number of carbonyl (C=O) groups excluding carboxylic acids is 3. The van der Waals surface area contributed by atoms with Crippen LogP contribution in [0.25, 0.3) is 0 Å². The van der Waals surface area contributed by atoms with Gasteiger partial charge >= 0.3 is 33.6 Å². The summed E-state index contributed by atoms with van der Waals surface area (Å²) in [6.07, 6.45) is 114. The van der Waals surface area contributed by atoms with Gasteiger partial charge in [0.05, 0.1) is 26.4 Å². The normalized spacial score (nSPS) is 14.6. The number of allylic oxidation sites excluding steroid dienone is 28. The van der Waals surface area contributed by atoms with E-state index in [1.54, 1.807) is 0 Å². The quantitative estimate of drug-likeness (QED) is 0.0146. The summed E-state index contributed by atoms with van der Waals surface area (Å²) in [5, 5.41) is 20.7. The Morgan fingerprint density at radius 3 is 0.730 bits per heavy atom. The van der Waals surface area contributed by atoms with Crippen molar-refractivity contribution in [3.8, 4) is 0 Å². The minimum Gasteiger partial charge on any atom is -0.463 e. The van der Waals surface area contributed by atoms with Crippen molar-refractivity contribution in [2.45, 2.75) is 386 Å². The lowest BCUT2D eigenvalue weighted by atomic mass is 10.0. The van der Waals surface area contributed by atoms with E-state index in [1.807, 2.05) is 0 Å². The molecule has 4 N–H and O–H groups in total. The number of rotatable bonds is 85. The third-order valence-corrected chi connectivity index (χ3v) is 20.8. The molecule has 18 heteroatoms. The van der Waals surface area contributed by atoms with Gasteiger partial charge in [0, 0.05) is 19.3 Å². The molecule has 0 fully saturated rings. The Bertz CT molecular complexity index is 2770. The van der Waals surface area contributed by atoms with E-state index in [2.05, 4.69) is 191 Å². The molecule has 0 aromatic carbocycles. The van der Waals surface area contributed by atoms with Crippen molar-refractivity contribution in [1.82, 2.24) is 0 Å². The van der Waals surface area contributed by atoms with E-state index in [9.17, 15) is 43.5 Å². The van der Waals surface area contributed by atoms with Gasteiger partial charge in [-0.3, -0.25) is 32.5 Å². The molecule has 5 unspecified atom stereocenters. The highest BCUT2D eigenvalue weighted by atomic mass is 31.2. The van der Waals surface area contributed by atoms with Gasteiger partial charge in [0.15, 0.2) is 6.10 Å². The molecular formula is C97H164O16P2. The Kier molecular flexibility index (Phi) is 84.3. The van der Waals surface area contributed by atoms with Gasteiger partial charge in [-0.2, -0.15) is 0 Å². The zero-order valence-electron chi connectivity index (χ0n) is 72.4. The molecule has 0 aliphatic heterocycles. The molecule has 0 spiro atoms. The van der Waals surface area contributed by atoms with Gasteiger partial charge < -0.3 is 34.2 Å². The van der Waals surface area contributed by atoms with Crippen LogP contribution < -0.4 is 0 Å². The summed E-state index contributed by atoms with van der Waals surface area (Å²) in [5.74, 6) is -1.59. The molecule has 0 aromatic rings. The molecular weight excluding hydrogens is 1480 g/mol. The van der Waals surface area contributed by atoms with Crippen molar-refractivity contribution >= 4 is 33.6 Å². The number of hydrogen-bond donors (Lipinski definition) is 4. The molecule has 0 saturated carbocycles. The van der Waals surface area contributed by atoms with Gasteiger partial charge in [0.25, 0.3) is 0 Å². The van der Waals surface area contributed by atoms with Gasteiger partial charge in [-0.05, 0) is 154 Å². The Balaban J connectivity index is 4.55. The lowest BCUT2D eigenvalue weighted by molar-refractivity contribution is -0.161. The fourth-order valence-electron chi connectivity index (χ4n) is 12.1. The lowest BCUT2D eigenvalue weighted by Crippen LogP contribution is -2.30. The van der Waals surface area contributed by atoms with Crippen molar-refractivity contribution in [3.63, 3.8) is 0 Å². The summed E-state index contributed by atoms with van der Waals surface area (Å²) in [6, 6.07) is 0. The number of aliphatic hydroxyl groups is 2. The average Bonchev–Trinajstić information content (AvgIpc) is 0.902. The van der Waals surface area contributed by atoms with E-state index in [0.29, 0.717) is 19.3 Å². The number of phosphoric acid groups is 2. The molecule has 0 amide bonds. The van der Waals surface area contributed by atoms with Gasteiger partial charge in [-0.1, -0.05) is 364 Å². The van der Waals surface area contributed by atoms with Crippen LogP contribution >= 0.6 is 15.6 Å². The van der Waals surface area contributed by atoms with Gasteiger partial charge in [0.2, 0.25) is 0 Å². The molecule has 0 aliphatic rings. The summed E-state index contributed by atoms with van der Waals surface area (Å²) in [7, 11) is -9.81. The second-order valence-corrected chi connectivity index (χ2v) is 32.9. The van der Waals surface area contributed by atoms with Crippen LogP contribution in [0.15, 0.2) is 170 Å². The summed E-state index contributed by atoms with van der Waals surface area (Å²) in [4.78, 5) is 59.0. The van der Waals surface area contributed by atoms with Crippen molar-refractivity contribution in [3.05, 3.63) is 170 Å². The monoisotopic (exact) mass is 1650 g/mol. The van der Waals surface area contributed by atoms with Crippen molar-refractivity contribution in [2.24, 2.45) is 0 Å². The predicted octanol–water partition coefficient (Wildman–Crippen LogP) is 27.9. The first-order chi connectivity index (χ1) is 56.2. The predicted molar refractivity (Wildman–Crippen MR) is 482 cm³/mol. The van der Waals surface area contributed by atoms with Crippen molar-refractivity contribution in [1.29, 1.82) is 0 Å². The first kappa shape index (κ1) is 110. The SMILES string of the molecule is CC/C=C\C/C=C\C/C=C\C/C=C\C/C=C\C/C=C\CCCCCCCCCCCCCCCCC(=O)OCC(O)COP(=O)(O)OCC(O)COP(=O)(O)OCC(COC(=O)CCCCCCCCCCCCC/C=C\C/C=C\C/C=C\C/C=C\C/C=C\CC)OC(=O)CCCCCCCC/C=C\C/C=C\C/C=C\CCCCC. The fourth-order valence-corrected chi connectivity index (χ4v) is 13.7. The smallest absolute Gasteiger partial charge is 0.463 e. The molecule has 0 bridgehead atoms. The molecule has 658 valence electrons. The van der Waals surface area contributed by atoms with E-state index in [1.165, 1.54) is 122 Å². The maximum absolute atomic E-state index is 13.0. The zero-order valence-corrected chi connectivity index (χ0v) is 74.2. The first-order valence-corrected chi connectivity index (χ1v) is 48.4. The van der Waals surface area contributed by atoms with Crippen LogP contribution in [-0.2, 0) is 55.8 Å². The van der Waals surface area contributed by atoms with Crippen LogP contribution in [0, 0.1) is 0 Å². The zero-order chi connectivity index (χ0) is 83.6. The van der Waals surface area contributed by atoms with Gasteiger partial charge in [0.1, 0.15) is 25.4 Å².